The van der Waals surface area contributed by atoms with Gasteiger partial charge in [0.2, 0.25) is 0 Å². The summed E-state index contributed by atoms with van der Waals surface area (Å²) >= 11 is 0. The molecule has 0 radical (unpaired) electrons. The topological polar surface area (TPSA) is 29.9 Å². The van der Waals surface area contributed by atoms with Crippen LogP contribution < -0.4 is 5.32 Å². The first kappa shape index (κ1) is 11.2. The third-order valence-electron chi connectivity index (χ3n) is 2.75. The molecule has 0 aliphatic carbocycles. The van der Waals surface area contributed by atoms with Crippen molar-refractivity contribution in [3.8, 4) is 0 Å². The van der Waals surface area contributed by atoms with Crippen molar-refractivity contribution >= 4 is 0 Å². The molecule has 1 atom stereocenters. The van der Waals surface area contributed by atoms with Gasteiger partial charge in [-0.25, -0.2) is 0 Å². The Bertz CT molecular complexity index is 251. The van der Waals surface area contributed by atoms with Gasteiger partial charge >= 0.3 is 0 Å². The summed E-state index contributed by atoms with van der Waals surface area (Å²) in [6.07, 6.45) is 5.49. The fourth-order valence-electron chi connectivity index (χ4n) is 1.67. The molecule has 3 nitrogen and oxygen atoms in total. The van der Waals surface area contributed by atoms with E-state index in [0.29, 0.717) is 6.04 Å². The van der Waals surface area contributed by atoms with Crippen LogP contribution in [0.5, 0.6) is 0 Å². The Balaban J connectivity index is 2.24. The SMILES string of the molecule is CCC(CCCn1nccc1C)NC. The third-order valence-corrected chi connectivity index (χ3v) is 2.75. The van der Waals surface area contributed by atoms with Crippen LogP contribution in [0, 0.1) is 6.92 Å². The maximum atomic E-state index is 4.26. The summed E-state index contributed by atoms with van der Waals surface area (Å²) < 4.78 is 2.07. The molecule has 0 spiro atoms. The van der Waals surface area contributed by atoms with Crippen LogP contribution in [-0.2, 0) is 6.54 Å². The highest BCUT2D eigenvalue weighted by molar-refractivity contribution is 4.96. The number of hydrogen-bond donors (Lipinski definition) is 1. The van der Waals surface area contributed by atoms with Crippen LogP contribution in [0.3, 0.4) is 0 Å². The molecule has 0 amide bonds. The Morgan fingerprint density at radius 3 is 2.86 bits per heavy atom. The summed E-state index contributed by atoms with van der Waals surface area (Å²) in [6, 6.07) is 2.71. The van der Waals surface area contributed by atoms with Crippen LogP contribution in [0.2, 0.25) is 0 Å². The standard InChI is InChI=1S/C11H21N3/c1-4-11(12-3)6-5-9-14-10(2)7-8-13-14/h7-8,11-12H,4-6,9H2,1-3H3. The summed E-state index contributed by atoms with van der Waals surface area (Å²) in [5.74, 6) is 0. The second-order valence-electron chi connectivity index (χ2n) is 3.73. The zero-order chi connectivity index (χ0) is 10.4. The quantitative estimate of drug-likeness (QED) is 0.752. The van der Waals surface area contributed by atoms with E-state index in [1.165, 1.54) is 25.0 Å². The molecule has 0 fully saturated rings. The zero-order valence-corrected chi connectivity index (χ0v) is 9.45. The van der Waals surface area contributed by atoms with Crippen molar-refractivity contribution in [1.82, 2.24) is 15.1 Å². The molecule has 1 aromatic heterocycles. The highest BCUT2D eigenvalue weighted by atomic mass is 15.3. The molecule has 0 aromatic carbocycles. The monoisotopic (exact) mass is 195 g/mol. The van der Waals surface area contributed by atoms with Gasteiger partial charge in [0.25, 0.3) is 0 Å². The van der Waals surface area contributed by atoms with Gasteiger partial charge in [-0.2, -0.15) is 5.10 Å². The Kier molecular flexibility index (Phi) is 4.66. The minimum atomic E-state index is 0.658. The summed E-state index contributed by atoms with van der Waals surface area (Å²) in [5, 5.41) is 7.58. The second-order valence-corrected chi connectivity index (χ2v) is 3.73. The molecule has 0 aliphatic heterocycles. The molecule has 14 heavy (non-hydrogen) atoms. The predicted molar refractivity (Wildman–Crippen MR) is 59.3 cm³/mol. The number of nitrogens with one attached hydrogen (secondary N) is 1. The largest absolute Gasteiger partial charge is 0.317 e. The van der Waals surface area contributed by atoms with E-state index in [9.17, 15) is 0 Å². The van der Waals surface area contributed by atoms with Crippen molar-refractivity contribution in [2.75, 3.05) is 7.05 Å². The Morgan fingerprint density at radius 2 is 2.36 bits per heavy atom. The Labute approximate surface area is 86.5 Å². The number of nitrogens with zero attached hydrogens (tertiary/aromatic N) is 2. The maximum Gasteiger partial charge on any atom is 0.0492 e. The molecular weight excluding hydrogens is 174 g/mol. The van der Waals surface area contributed by atoms with E-state index in [1.54, 1.807) is 0 Å². The van der Waals surface area contributed by atoms with Gasteiger partial charge < -0.3 is 5.32 Å². The normalized spacial score (nSPS) is 13.1. The van der Waals surface area contributed by atoms with Gasteiger partial charge in [0.15, 0.2) is 0 Å². The number of aromatic nitrogens is 2. The van der Waals surface area contributed by atoms with Crippen molar-refractivity contribution < 1.29 is 0 Å². The maximum absolute atomic E-state index is 4.26. The van der Waals surface area contributed by atoms with Gasteiger partial charge in [0.05, 0.1) is 0 Å². The van der Waals surface area contributed by atoms with Crippen molar-refractivity contribution in [2.45, 2.75) is 45.7 Å². The van der Waals surface area contributed by atoms with Gasteiger partial charge in [-0.1, -0.05) is 6.92 Å². The lowest BCUT2D eigenvalue weighted by Crippen LogP contribution is -2.24. The van der Waals surface area contributed by atoms with Crippen LogP contribution in [0.15, 0.2) is 12.3 Å². The second kappa shape index (κ2) is 5.81. The van der Waals surface area contributed by atoms with E-state index >= 15 is 0 Å². The third kappa shape index (κ3) is 3.14. The smallest absolute Gasteiger partial charge is 0.0492 e. The van der Waals surface area contributed by atoms with E-state index in [4.69, 9.17) is 0 Å². The van der Waals surface area contributed by atoms with Crippen molar-refractivity contribution in [1.29, 1.82) is 0 Å². The van der Waals surface area contributed by atoms with Gasteiger partial charge in [0, 0.05) is 24.5 Å². The highest BCUT2D eigenvalue weighted by Gasteiger charge is 2.03. The summed E-state index contributed by atoms with van der Waals surface area (Å²) in [5.41, 5.74) is 1.25. The minimum Gasteiger partial charge on any atom is -0.317 e. The molecule has 0 saturated heterocycles. The minimum absolute atomic E-state index is 0.658. The van der Waals surface area contributed by atoms with E-state index in [0.717, 1.165) is 6.54 Å². The molecule has 0 aliphatic rings. The zero-order valence-electron chi connectivity index (χ0n) is 9.45. The van der Waals surface area contributed by atoms with Crippen molar-refractivity contribution in [3.05, 3.63) is 18.0 Å². The molecule has 1 aromatic rings. The summed E-state index contributed by atoms with van der Waals surface area (Å²) in [6.45, 7) is 5.36. The van der Waals surface area contributed by atoms with Gasteiger partial charge in [-0.05, 0) is 39.3 Å². The molecule has 1 unspecified atom stereocenters. The first-order valence-corrected chi connectivity index (χ1v) is 5.43. The lowest BCUT2D eigenvalue weighted by atomic mass is 10.1. The Hall–Kier alpha value is -0.830. The predicted octanol–water partition coefficient (Wildman–Crippen LogP) is 1.97. The van der Waals surface area contributed by atoms with Gasteiger partial charge in [0.1, 0.15) is 0 Å². The first-order valence-electron chi connectivity index (χ1n) is 5.43. The molecule has 3 heteroatoms. The molecule has 1 heterocycles. The molecule has 1 N–H and O–H groups in total. The lowest BCUT2D eigenvalue weighted by molar-refractivity contribution is 0.453. The molecule has 1 rings (SSSR count). The average molecular weight is 195 g/mol. The molecular formula is C11H21N3. The van der Waals surface area contributed by atoms with E-state index in [1.807, 2.05) is 13.2 Å². The molecule has 0 bridgehead atoms. The van der Waals surface area contributed by atoms with Crippen LogP contribution in [0.25, 0.3) is 0 Å². The summed E-state index contributed by atoms with van der Waals surface area (Å²) in [4.78, 5) is 0. The van der Waals surface area contributed by atoms with Gasteiger partial charge in [-0.3, -0.25) is 4.68 Å². The van der Waals surface area contributed by atoms with Gasteiger partial charge in [-0.15, -0.1) is 0 Å². The van der Waals surface area contributed by atoms with Crippen LogP contribution in [0.4, 0.5) is 0 Å². The fraction of sp³-hybridized carbons (Fsp3) is 0.727. The first-order chi connectivity index (χ1) is 6.77. The van der Waals surface area contributed by atoms with Crippen LogP contribution in [-0.4, -0.2) is 22.9 Å². The van der Waals surface area contributed by atoms with Crippen LogP contribution >= 0.6 is 0 Å². The van der Waals surface area contributed by atoms with Crippen molar-refractivity contribution in [3.63, 3.8) is 0 Å². The summed E-state index contributed by atoms with van der Waals surface area (Å²) in [7, 11) is 2.04. The fourth-order valence-corrected chi connectivity index (χ4v) is 1.67. The van der Waals surface area contributed by atoms with Crippen molar-refractivity contribution in [2.24, 2.45) is 0 Å². The highest BCUT2D eigenvalue weighted by Crippen LogP contribution is 2.04. The molecule has 80 valence electrons. The number of rotatable bonds is 6. The molecule has 0 saturated carbocycles. The van der Waals surface area contributed by atoms with E-state index in [-0.39, 0.29) is 0 Å². The number of hydrogen-bond acceptors (Lipinski definition) is 2. The Morgan fingerprint density at radius 1 is 1.57 bits per heavy atom. The lowest BCUT2D eigenvalue weighted by Gasteiger charge is -2.13. The van der Waals surface area contributed by atoms with E-state index in [2.05, 4.69) is 35.0 Å². The van der Waals surface area contributed by atoms with Crippen LogP contribution in [0.1, 0.15) is 31.9 Å². The number of aryl methyl sites for hydroxylation is 2. The average Bonchev–Trinajstić information content (AvgIpc) is 2.59. The van der Waals surface area contributed by atoms with E-state index < -0.39 is 0 Å².